The average Bonchev–Trinajstić information content (AvgIpc) is 3.29. The Morgan fingerprint density at radius 3 is 1.39 bits per heavy atom. The Balaban J connectivity index is 2.44. The van der Waals surface area contributed by atoms with E-state index in [1.165, 1.54) is 109 Å². The Hall–Kier alpha value is -1.93. The lowest BCUT2D eigenvalue weighted by Crippen LogP contribution is -2.60. The fraction of sp³-hybridized carbons (Fsp3) is 0.830. The first kappa shape index (κ1) is 60.1. The molecule has 0 saturated carbocycles. The van der Waals surface area contributed by atoms with Crippen LogP contribution >= 0.6 is 0 Å². The number of unbranched alkanes of at least 4 members (excludes halogenated alkanes) is 23. The van der Waals surface area contributed by atoms with Crippen LogP contribution in [0.4, 0.5) is 0 Å². The summed E-state index contributed by atoms with van der Waals surface area (Å²) >= 11 is 0. The number of allylic oxidation sites excluding steroid dienone is 8. The number of aliphatic hydroxyl groups excluding tert-OH is 7. The SMILES string of the molecule is CCCCCCCCC/C=C\CCCCCCC(O)C(=O)NC(COC1OC(CO)C(O)C(O)C1O)C(O)C(O)CCC/C=C/CC/C=C/CC/C=C/CCCCCCCCCCC. The Labute approximate surface area is 389 Å². The predicted molar refractivity (Wildman–Crippen MR) is 261 cm³/mol. The molecule has 374 valence electrons. The normalized spacial score (nSPS) is 21.4. The topological polar surface area (TPSA) is 189 Å². The predicted octanol–water partition coefficient (Wildman–Crippen LogP) is 9.73. The van der Waals surface area contributed by atoms with Crippen LogP contribution in [0.25, 0.3) is 0 Å². The largest absolute Gasteiger partial charge is 0.394 e. The Bertz CT molecular complexity index is 1180. The maximum atomic E-state index is 13.1. The number of nitrogens with one attached hydrogen (secondary N) is 1. The Morgan fingerprint density at radius 1 is 0.531 bits per heavy atom. The fourth-order valence-corrected chi connectivity index (χ4v) is 8.00. The minimum atomic E-state index is -1.68. The first-order valence-electron chi connectivity index (χ1n) is 26.0. The number of aliphatic hydroxyl groups is 7. The maximum Gasteiger partial charge on any atom is 0.249 e. The molecule has 1 fully saturated rings. The van der Waals surface area contributed by atoms with Gasteiger partial charge in [0.25, 0.3) is 0 Å². The molecule has 1 saturated heterocycles. The number of carbonyl (C=O) groups is 1. The molecule has 0 aliphatic carbocycles. The van der Waals surface area contributed by atoms with Crippen molar-refractivity contribution >= 4 is 5.91 Å². The van der Waals surface area contributed by atoms with E-state index in [0.29, 0.717) is 19.3 Å². The van der Waals surface area contributed by atoms with Crippen LogP contribution < -0.4 is 5.32 Å². The van der Waals surface area contributed by atoms with Crippen LogP contribution in [0.3, 0.4) is 0 Å². The molecule has 8 N–H and O–H groups in total. The monoisotopic (exact) mass is 908 g/mol. The molecule has 0 radical (unpaired) electrons. The number of rotatable bonds is 43. The molecule has 11 nitrogen and oxygen atoms in total. The second kappa shape index (κ2) is 42.4. The summed E-state index contributed by atoms with van der Waals surface area (Å²) in [7, 11) is 0. The van der Waals surface area contributed by atoms with Crippen molar-refractivity contribution in [1.82, 2.24) is 5.32 Å². The highest BCUT2D eigenvalue weighted by atomic mass is 16.7. The fourth-order valence-electron chi connectivity index (χ4n) is 8.00. The van der Waals surface area contributed by atoms with Crippen LogP contribution in [0.5, 0.6) is 0 Å². The maximum absolute atomic E-state index is 13.1. The van der Waals surface area contributed by atoms with E-state index >= 15 is 0 Å². The van der Waals surface area contributed by atoms with Gasteiger partial charge in [0.1, 0.15) is 36.6 Å². The van der Waals surface area contributed by atoms with E-state index in [0.717, 1.165) is 57.8 Å². The van der Waals surface area contributed by atoms with Crippen molar-refractivity contribution in [2.75, 3.05) is 13.2 Å². The minimum Gasteiger partial charge on any atom is -0.394 e. The van der Waals surface area contributed by atoms with Crippen molar-refractivity contribution in [3.8, 4) is 0 Å². The lowest BCUT2D eigenvalue weighted by molar-refractivity contribution is -0.303. The molecule has 1 aliphatic rings. The number of amides is 1. The molecule has 0 spiro atoms. The second-order valence-corrected chi connectivity index (χ2v) is 18.2. The molecule has 0 aromatic heterocycles. The lowest BCUT2D eigenvalue weighted by Gasteiger charge is -2.40. The van der Waals surface area contributed by atoms with Crippen molar-refractivity contribution in [3.05, 3.63) is 48.6 Å². The van der Waals surface area contributed by atoms with E-state index in [9.17, 15) is 40.5 Å². The van der Waals surface area contributed by atoms with Gasteiger partial charge in [0.15, 0.2) is 6.29 Å². The van der Waals surface area contributed by atoms with Crippen LogP contribution in [-0.4, -0.2) is 110 Å². The summed E-state index contributed by atoms with van der Waals surface area (Å²) in [5.41, 5.74) is 0. The van der Waals surface area contributed by atoms with Gasteiger partial charge in [0, 0.05) is 0 Å². The number of hydrogen-bond donors (Lipinski definition) is 8. The molecule has 9 unspecified atom stereocenters. The van der Waals surface area contributed by atoms with Crippen molar-refractivity contribution in [1.29, 1.82) is 0 Å². The molecular formula is C53H97NO10. The molecule has 0 aromatic rings. The molecule has 64 heavy (non-hydrogen) atoms. The first-order valence-corrected chi connectivity index (χ1v) is 26.0. The molecule has 1 rings (SSSR count). The number of carbonyl (C=O) groups excluding carboxylic acids is 1. The molecule has 1 amide bonds. The molecule has 9 atom stereocenters. The van der Waals surface area contributed by atoms with Gasteiger partial charge in [-0.2, -0.15) is 0 Å². The van der Waals surface area contributed by atoms with E-state index in [1.54, 1.807) is 0 Å². The van der Waals surface area contributed by atoms with Crippen molar-refractivity contribution < 1.29 is 50.0 Å². The zero-order valence-corrected chi connectivity index (χ0v) is 40.5. The summed E-state index contributed by atoms with van der Waals surface area (Å²) < 4.78 is 11.1. The third kappa shape index (κ3) is 31.1. The van der Waals surface area contributed by atoms with Crippen LogP contribution in [0, 0.1) is 0 Å². The van der Waals surface area contributed by atoms with E-state index in [2.05, 4.69) is 67.8 Å². The van der Waals surface area contributed by atoms with Crippen LogP contribution in [0.1, 0.15) is 213 Å². The lowest BCUT2D eigenvalue weighted by atomic mass is 9.98. The van der Waals surface area contributed by atoms with E-state index in [1.807, 2.05) is 0 Å². The summed E-state index contributed by atoms with van der Waals surface area (Å²) in [6.07, 6.45) is 40.2. The highest BCUT2D eigenvalue weighted by Gasteiger charge is 2.44. The highest BCUT2D eigenvalue weighted by Crippen LogP contribution is 2.23. The standard InChI is InChI=1S/C53H97NO10/c1-3-5-7-9-11-13-15-17-19-20-21-22-23-24-25-27-28-30-32-34-36-38-40-45(56)48(58)44(43-63-53-51(61)50(60)49(59)47(42-55)64-53)54-52(62)46(57)41-39-37-35-33-31-29-26-18-16-14-12-10-8-6-4-2/h21-22,25-27,29,32,34,44-51,53,55-61H,3-20,23-24,28,30-31,33,35-43H2,1-2H3,(H,54,62)/b22-21+,27-25+,29-26-,34-32+. The third-order valence-electron chi connectivity index (χ3n) is 12.3. The minimum absolute atomic E-state index is 0.234. The molecule has 0 aromatic carbocycles. The van der Waals surface area contributed by atoms with Gasteiger partial charge in [0.2, 0.25) is 5.91 Å². The van der Waals surface area contributed by atoms with Gasteiger partial charge in [-0.3, -0.25) is 4.79 Å². The molecular weight excluding hydrogens is 811 g/mol. The van der Waals surface area contributed by atoms with Crippen LogP contribution in [-0.2, 0) is 14.3 Å². The Kier molecular flexibility index (Phi) is 39.8. The summed E-state index contributed by atoms with van der Waals surface area (Å²) in [6.45, 7) is 3.41. The smallest absolute Gasteiger partial charge is 0.249 e. The van der Waals surface area contributed by atoms with Gasteiger partial charge in [-0.1, -0.05) is 172 Å². The van der Waals surface area contributed by atoms with Gasteiger partial charge in [-0.25, -0.2) is 0 Å². The van der Waals surface area contributed by atoms with Crippen LogP contribution in [0.15, 0.2) is 48.6 Å². The molecule has 1 heterocycles. The number of hydrogen-bond acceptors (Lipinski definition) is 10. The molecule has 11 heteroatoms. The summed E-state index contributed by atoms with van der Waals surface area (Å²) in [5.74, 6) is -0.722. The number of ether oxygens (including phenoxy) is 2. The van der Waals surface area contributed by atoms with Gasteiger partial charge < -0.3 is 50.5 Å². The van der Waals surface area contributed by atoms with Gasteiger partial charge in [0.05, 0.1) is 25.4 Å². The van der Waals surface area contributed by atoms with Crippen molar-refractivity contribution in [2.24, 2.45) is 0 Å². The second-order valence-electron chi connectivity index (χ2n) is 18.2. The summed E-state index contributed by atoms with van der Waals surface area (Å²) in [6, 6.07) is -1.20. The van der Waals surface area contributed by atoms with E-state index in [-0.39, 0.29) is 12.8 Å². The Morgan fingerprint density at radius 2 is 0.938 bits per heavy atom. The van der Waals surface area contributed by atoms with Gasteiger partial charge in [-0.15, -0.1) is 0 Å². The summed E-state index contributed by atoms with van der Waals surface area (Å²) in [4.78, 5) is 13.1. The van der Waals surface area contributed by atoms with E-state index in [4.69, 9.17) is 9.47 Å². The van der Waals surface area contributed by atoms with Gasteiger partial charge in [-0.05, 0) is 89.9 Å². The first-order chi connectivity index (χ1) is 31.2. The van der Waals surface area contributed by atoms with Crippen molar-refractivity contribution in [2.45, 2.75) is 268 Å². The summed E-state index contributed by atoms with van der Waals surface area (Å²) in [5, 5.41) is 75.8. The van der Waals surface area contributed by atoms with Gasteiger partial charge >= 0.3 is 0 Å². The van der Waals surface area contributed by atoms with Crippen LogP contribution in [0.2, 0.25) is 0 Å². The zero-order chi connectivity index (χ0) is 46.9. The zero-order valence-electron chi connectivity index (χ0n) is 40.5. The quantitative estimate of drug-likeness (QED) is 0.0216. The van der Waals surface area contributed by atoms with E-state index < -0.39 is 74.2 Å². The highest BCUT2D eigenvalue weighted by molar-refractivity contribution is 5.80. The van der Waals surface area contributed by atoms with Crippen molar-refractivity contribution in [3.63, 3.8) is 0 Å². The molecule has 0 bridgehead atoms. The average molecular weight is 908 g/mol. The molecule has 1 aliphatic heterocycles. The third-order valence-corrected chi connectivity index (χ3v) is 12.3.